The predicted octanol–water partition coefficient (Wildman–Crippen LogP) is 0.943. The van der Waals surface area contributed by atoms with E-state index in [2.05, 4.69) is 0 Å². The molecule has 85 valence electrons. The molecule has 0 unspecified atom stereocenters. The van der Waals surface area contributed by atoms with E-state index < -0.39 is 26.6 Å². The normalized spacial score (nSPS) is 13.7. The van der Waals surface area contributed by atoms with Gasteiger partial charge in [-0.1, -0.05) is 0 Å². The summed E-state index contributed by atoms with van der Waals surface area (Å²) < 4.78 is 85.8. The van der Waals surface area contributed by atoms with Crippen LogP contribution in [0.15, 0.2) is 0 Å². The van der Waals surface area contributed by atoms with Crippen LogP contribution in [0.3, 0.4) is 0 Å². The van der Waals surface area contributed by atoms with Crippen LogP contribution in [0, 0.1) is 0 Å². The maximum Gasteiger partial charge on any atom is 0.511 e. The smallest absolute Gasteiger partial charge is 0.203 e. The molecule has 1 N–H and O–H groups in total. The molecule has 0 spiro atoms. The molecule has 0 aromatic carbocycles. The van der Waals surface area contributed by atoms with Gasteiger partial charge in [-0.25, -0.2) is 8.42 Å². The fourth-order valence-electron chi connectivity index (χ4n) is 0.210. The Morgan fingerprint density at radius 1 is 0.923 bits per heavy atom. The fourth-order valence-corrected chi connectivity index (χ4v) is 0.631. The molecule has 0 fully saturated rings. The monoisotopic (exact) mass is 324 g/mol. The Bertz CT molecular complexity index is 253. The van der Waals surface area contributed by atoms with E-state index >= 15 is 0 Å². The van der Waals surface area contributed by atoms with E-state index in [4.69, 9.17) is 0 Å². The third-order valence-corrected chi connectivity index (χ3v) is 1.66. The van der Waals surface area contributed by atoms with Crippen molar-refractivity contribution in [2.45, 2.75) is 11.8 Å². The molecule has 0 aromatic heterocycles. The molecule has 0 aliphatic carbocycles. The van der Waals surface area contributed by atoms with E-state index in [0.29, 0.717) is 0 Å². The van der Waals surface area contributed by atoms with Crippen LogP contribution < -0.4 is 4.72 Å². The van der Waals surface area contributed by atoms with Gasteiger partial charge < -0.3 is 0 Å². The second-order valence-electron chi connectivity index (χ2n) is 1.55. The van der Waals surface area contributed by atoms with Crippen molar-refractivity contribution in [2.24, 2.45) is 0 Å². The minimum absolute atomic E-state index is 0. The van der Waals surface area contributed by atoms with Gasteiger partial charge in [0.05, 0.1) is 0 Å². The second kappa shape index (κ2) is 4.17. The summed E-state index contributed by atoms with van der Waals surface area (Å²) in [6.45, 7) is 0. The predicted molar refractivity (Wildman–Crippen MR) is 24.2 cm³/mol. The number of alkyl halides is 6. The summed E-state index contributed by atoms with van der Waals surface area (Å²) in [6, 6.07) is 0. The van der Waals surface area contributed by atoms with Crippen molar-refractivity contribution >= 4 is 10.0 Å². The Hall–Kier alpha value is 0.230. The van der Waals surface area contributed by atoms with Crippen LogP contribution in [0.2, 0.25) is 0 Å². The zero-order chi connectivity index (χ0) is 10.2. The first-order valence-corrected chi connectivity index (χ1v) is 3.61. The summed E-state index contributed by atoms with van der Waals surface area (Å²) in [5, 5.41) is 0. The first kappa shape index (κ1) is 15.7. The van der Waals surface area contributed by atoms with Gasteiger partial charge >= 0.3 is 21.8 Å². The molecule has 0 aliphatic heterocycles. The Balaban J connectivity index is 0. The maximum absolute atomic E-state index is 11.2. The Morgan fingerprint density at radius 2 is 1.23 bits per heavy atom. The van der Waals surface area contributed by atoms with E-state index in [1.165, 1.54) is 0 Å². The number of halogens is 6. The Labute approximate surface area is 84.0 Å². The average molecular weight is 325 g/mol. The van der Waals surface area contributed by atoms with Crippen LogP contribution >= 0.6 is 0 Å². The molecule has 0 atom stereocenters. The third kappa shape index (κ3) is 5.52. The van der Waals surface area contributed by atoms with Gasteiger partial charge in [0.15, 0.2) is 0 Å². The van der Waals surface area contributed by atoms with Crippen molar-refractivity contribution < 1.29 is 57.1 Å². The largest absolute Gasteiger partial charge is 0.511 e. The molecule has 0 amide bonds. The molecule has 0 bridgehead atoms. The van der Waals surface area contributed by atoms with Gasteiger partial charge in [0.2, 0.25) is 0 Å². The molecular weight excluding hydrogens is 324 g/mol. The summed E-state index contributed by atoms with van der Waals surface area (Å²) in [5.41, 5.74) is -5.96. The maximum atomic E-state index is 11.2. The molecule has 0 aromatic rings. The van der Waals surface area contributed by atoms with Gasteiger partial charge in [-0.05, 0) is 0 Å². The Kier molecular flexibility index (Phi) is 5.03. The molecule has 0 saturated carbocycles. The number of rotatable bonds is 1. The van der Waals surface area contributed by atoms with Crippen molar-refractivity contribution in [1.29, 1.82) is 0 Å². The molecule has 0 heterocycles. The summed E-state index contributed by atoms with van der Waals surface area (Å²) in [5.74, 6) is 0. The van der Waals surface area contributed by atoms with Gasteiger partial charge in [0, 0.05) is 22.4 Å². The van der Waals surface area contributed by atoms with Crippen molar-refractivity contribution in [3.05, 3.63) is 0 Å². The van der Waals surface area contributed by atoms with Crippen LogP contribution in [-0.2, 0) is 32.4 Å². The van der Waals surface area contributed by atoms with E-state index in [9.17, 15) is 34.8 Å². The van der Waals surface area contributed by atoms with E-state index in [-0.39, 0.29) is 22.4 Å². The number of hydrogen-bond acceptors (Lipinski definition) is 2. The van der Waals surface area contributed by atoms with Gasteiger partial charge in [0.1, 0.15) is 0 Å². The van der Waals surface area contributed by atoms with E-state index in [0.717, 1.165) is 0 Å². The van der Waals surface area contributed by atoms with Gasteiger partial charge in [0.25, 0.3) is 0 Å². The van der Waals surface area contributed by atoms with E-state index in [1.807, 2.05) is 0 Å². The summed E-state index contributed by atoms with van der Waals surface area (Å²) >= 11 is 0. The minimum Gasteiger partial charge on any atom is -0.203 e. The van der Waals surface area contributed by atoms with Crippen molar-refractivity contribution in [3.63, 3.8) is 0 Å². The fraction of sp³-hybridized carbons (Fsp3) is 1.00. The molecule has 0 rings (SSSR count). The van der Waals surface area contributed by atoms with Gasteiger partial charge in [-0.2, -0.15) is 26.3 Å². The van der Waals surface area contributed by atoms with Crippen LogP contribution in [0.25, 0.3) is 0 Å². The van der Waals surface area contributed by atoms with Crippen LogP contribution in [0.5, 0.6) is 0 Å². The zero-order valence-corrected chi connectivity index (χ0v) is 7.59. The minimum atomic E-state index is -6.33. The first-order chi connectivity index (χ1) is 4.96. The van der Waals surface area contributed by atoms with Gasteiger partial charge in [-0.3, -0.25) is 0 Å². The molecule has 1 radical (unpaired) electrons. The summed E-state index contributed by atoms with van der Waals surface area (Å²) in [6.07, 6.45) is -5.62. The SMILES string of the molecule is O=S(=O)(NC(F)(F)F)C(F)(F)F.[Ag]. The molecular formula is C2HAgF6NO2S. The summed E-state index contributed by atoms with van der Waals surface area (Å²) in [7, 11) is -6.33. The van der Waals surface area contributed by atoms with Crippen LogP contribution in [-0.4, -0.2) is 20.2 Å². The Morgan fingerprint density at radius 3 is 1.31 bits per heavy atom. The standard InChI is InChI=1S/C2HF6NO2S.Ag/c3-1(4,5)9-12(10,11)2(6,7)8;/h9H;. The van der Waals surface area contributed by atoms with Crippen molar-refractivity contribution in [2.75, 3.05) is 0 Å². The summed E-state index contributed by atoms with van der Waals surface area (Å²) in [4.78, 5) is 0. The van der Waals surface area contributed by atoms with Crippen molar-refractivity contribution in [3.8, 4) is 0 Å². The number of sulfonamides is 1. The third-order valence-electron chi connectivity index (χ3n) is 0.555. The van der Waals surface area contributed by atoms with E-state index in [1.54, 1.807) is 0 Å². The molecule has 0 saturated heterocycles. The molecule has 13 heavy (non-hydrogen) atoms. The first-order valence-electron chi connectivity index (χ1n) is 2.13. The molecule has 3 nitrogen and oxygen atoms in total. The van der Waals surface area contributed by atoms with Crippen molar-refractivity contribution in [1.82, 2.24) is 4.72 Å². The van der Waals surface area contributed by atoms with Gasteiger partial charge in [-0.15, -0.1) is 4.72 Å². The quantitative estimate of drug-likeness (QED) is 0.443. The van der Waals surface area contributed by atoms with Crippen LogP contribution in [0.4, 0.5) is 26.3 Å². The molecule has 0 aliphatic rings. The van der Waals surface area contributed by atoms with Crippen LogP contribution in [0.1, 0.15) is 0 Å². The zero-order valence-electron chi connectivity index (χ0n) is 5.29. The topological polar surface area (TPSA) is 46.2 Å². The average Bonchev–Trinajstić information content (AvgIpc) is 1.52. The number of hydrogen-bond donors (Lipinski definition) is 1. The number of nitrogens with one attached hydrogen (secondary N) is 1. The second-order valence-corrected chi connectivity index (χ2v) is 3.22. The molecule has 11 heteroatoms.